The van der Waals surface area contributed by atoms with Gasteiger partial charge in [-0.3, -0.25) is 0 Å². The molecule has 0 bridgehead atoms. The highest BCUT2D eigenvalue weighted by Gasteiger charge is 2.12. The van der Waals surface area contributed by atoms with Crippen LogP contribution in [-0.2, 0) is 19.4 Å². The fraction of sp³-hybridized carbons (Fsp3) is 0.412. The van der Waals surface area contributed by atoms with Gasteiger partial charge in [-0.05, 0) is 23.6 Å². The molecule has 7 heteroatoms. The molecule has 2 N–H and O–H groups in total. The van der Waals surface area contributed by atoms with Crippen molar-refractivity contribution in [2.45, 2.75) is 19.4 Å². The number of nitrogens with zero attached hydrogens (tertiary/aromatic N) is 2. The van der Waals surface area contributed by atoms with Crippen LogP contribution >= 0.6 is 11.3 Å². The van der Waals surface area contributed by atoms with E-state index in [1.54, 1.807) is 11.3 Å². The van der Waals surface area contributed by atoms with Gasteiger partial charge in [0.15, 0.2) is 5.13 Å². The molecule has 0 saturated heterocycles. The van der Waals surface area contributed by atoms with E-state index in [0.717, 1.165) is 36.0 Å². The number of fused-ring (bicyclic) bond motifs is 1. The number of carbonyl (C=O) groups is 1. The van der Waals surface area contributed by atoms with Crippen LogP contribution in [-0.4, -0.2) is 38.3 Å². The lowest BCUT2D eigenvalue weighted by molar-refractivity contribution is 0.240. The molecule has 2 heterocycles. The summed E-state index contributed by atoms with van der Waals surface area (Å²) >= 11 is 1.57. The number of hydrogen-bond donors (Lipinski definition) is 2. The zero-order chi connectivity index (χ0) is 16.9. The third kappa shape index (κ3) is 4.17. The fourth-order valence-electron chi connectivity index (χ4n) is 2.53. The first-order valence-electron chi connectivity index (χ1n) is 8.00. The van der Waals surface area contributed by atoms with Crippen LogP contribution in [0.5, 0.6) is 5.75 Å². The van der Waals surface area contributed by atoms with E-state index in [1.807, 2.05) is 30.4 Å². The van der Waals surface area contributed by atoms with Crippen LogP contribution in [0.15, 0.2) is 23.6 Å². The first-order valence-corrected chi connectivity index (χ1v) is 8.88. The highest BCUT2D eigenvalue weighted by Crippen LogP contribution is 2.25. The largest absolute Gasteiger partial charge is 0.493 e. The molecule has 24 heavy (non-hydrogen) atoms. The molecular weight excluding hydrogens is 324 g/mol. The lowest BCUT2D eigenvalue weighted by atomic mass is 10.1. The molecule has 1 aliphatic rings. The summed E-state index contributed by atoms with van der Waals surface area (Å²) in [6.07, 6.45) is 1.78. The van der Waals surface area contributed by atoms with Crippen LogP contribution in [0.1, 0.15) is 16.8 Å². The van der Waals surface area contributed by atoms with Crippen molar-refractivity contribution in [2.24, 2.45) is 0 Å². The number of anilines is 1. The van der Waals surface area contributed by atoms with E-state index in [0.29, 0.717) is 13.1 Å². The summed E-state index contributed by atoms with van der Waals surface area (Å²) in [5.74, 6) is 0.991. The molecule has 6 nitrogen and oxygen atoms in total. The van der Waals surface area contributed by atoms with Gasteiger partial charge in [-0.2, -0.15) is 0 Å². The number of carbonyl (C=O) groups excluding carboxylic acids is 1. The molecule has 1 aliphatic heterocycles. The molecule has 2 aromatic rings. The summed E-state index contributed by atoms with van der Waals surface area (Å²) < 4.78 is 5.50. The lowest BCUT2D eigenvalue weighted by Gasteiger charge is -2.08. The number of hydrogen-bond acceptors (Lipinski definition) is 5. The van der Waals surface area contributed by atoms with Gasteiger partial charge in [0.2, 0.25) is 0 Å². The summed E-state index contributed by atoms with van der Waals surface area (Å²) in [5, 5.41) is 8.62. The van der Waals surface area contributed by atoms with E-state index in [-0.39, 0.29) is 6.03 Å². The molecule has 1 aromatic heterocycles. The van der Waals surface area contributed by atoms with Crippen LogP contribution in [0.3, 0.4) is 0 Å². The number of urea groups is 1. The molecule has 3 rings (SSSR count). The Hall–Kier alpha value is -2.28. The fourth-order valence-corrected chi connectivity index (χ4v) is 3.29. The van der Waals surface area contributed by atoms with Crippen LogP contribution in [0.25, 0.3) is 0 Å². The Labute approximate surface area is 145 Å². The number of rotatable bonds is 6. The number of aromatic nitrogens is 1. The molecule has 0 radical (unpaired) electrons. The van der Waals surface area contributed by atoms with Crippen molar-refractivity contribution >= 4 is 22.5 Å². The normalized spacial score (nSPS) is 12.4. The maximum Gasteiger partial charge on any atom is 0.315 e. The zero-order valence-corrected chi connectivity index (χ0v) is 14.8. The summed E-state index contributed by atoms with van der Waals surface area (Å²) in [7, 11) is 3.90. The summed E-state index contributed by atoms with van der Waals surface area (Å²) in [4.78, 5) is 18.2. The van der Waals surface area contributed by atoms with E-state index < -0.39 is 0 Å². The summed E-state index contributed by atoms with van der Waals surface area (Å²) in [5.41, 5.74) is 3.35. The Morgan fingerprint density at radius 3 is 3.04 bits per heavy atom. The van der Waals surface area contributed by atoms with E-state index in [1.165, 1.54) is 11.1 Å². The minimum atomic E-state index is -0.168. The van der Waals surface area contributed by atoms with E-state index in [4.69, 9.17) is 4.74 Å². The van der Waals surface area contributed by atoms with Crippen LogP contribution in [0, 0.1) is 0 Å². The van der Waals surface area contributed by atoms with Crippen molar-refractivity contribution in [1.29, 1.82) is 0 Å². The predicted molar refractivity (Wildman–Crippen MR) is 96.0 cm³/mol. The summed E-state index contributed by atoms with van der Waals surface area (Å²) in [6.45, 7) is 1.81. The van der Waals surface area contributed by atoms with Gasteiger partial charge in [-0.25, -0.2) is 9.78 Å². The maximum absolute atomic E-state index is 11.9. The Bertz CT molecular complexity index is 714. The number of nitrogens with one attached hydrogen (secondary N) is 2. The molecule has 0 spiro atoms. The van der Waals surface area contributed by atoms with Crippen molar-refractivity contribution in [3.63, 3.8) is 0 Å². The minimum absolute atomic E-state index is 0.168. The average molecular weight is 346 g/mol. The molecule has 2 amide bonds. The smallest absolute Gasteiger partial charge is 0.315 e. The Morgan fingerprint density at radius 2 is 2.25 bits per heavy atom. The standard InChI is InChI=1S/C17H22N4O2S/c1-21(2)17-20-14(11-24-17)10-19-16(22)18-7-5-12-3-4-15-13(9-12)6-8-23-15/h3-4,9,11H,5-8,10H2,1-2H3,(H2,18,19,22). The lowest BCUT2D eigenvalue weighted by Crippen LogP contribution is -2.36. The van der Waals surface area contributed by atoms with Gasteiger partial charge in [0.1, 0.15) is 5.75 Å². The van der Waals surface area contributed by atoms with Crippen molar-refractivity contribution in [1.82, 2.24) is 15.6 Å². The van der Waals surface area contributed by atoms with Crippen molar-refractivity contribution in [3.05, 3.63) is 40.4 Å². The Balaban J connectivity index is 1.39. The molecule has 0 aliphatic carbocycles. The third-order valence-electron chi connectivity index (χ3n) is 3.81. The average Bonchev–Trinajstić information content (AvgIpc) is 3.21. The van der Waals surface area contributed by atoms with Gasteiger partial charge in [-0.15, -0.1) is 11.3 Å². The second-order valence-corrected chi connectivity index (χ2v) is 6.75. The number of amides is 2. The highest BCUT2D eigenvalue weighted by atomic mass is 32.1. The molecule has 1 aromatic carbocycles. The van der Waals surface area contributed by atoms with Gasteiger partial charge in [0.25, 0.3) is 0 Å². The monoisotopic (exact) mass is 346 g/mol. The quantitative estimate of drug-likeness (QED) is 0.841. The van der Waals surface area contributed by atoms with Crippen LogP contribution in [0.4, 0.5) is 9.93 Å². The molecule has 0 saturated carbocycles. The minimum Gasteiger partial charge on any atom is -0.493 e. The van der Waals surface area contributed by atoms with Gasteiger partial charge in [-0.1, -0.05) is 12.1 Å². The Kier molecular flexibility index (Phi) is 5.20. The van der Waals surface area contributed by atoms with E-state index in [9.17, 15) is 4.79 Å². The number of thiazole rings is 1. The molecule has 0 fully saturated rings. The molecule has 0 unspecified atom stereocenters. The van der Waals surface area contributed by atoms with E-state index in [2.05, 4.69) is 27.8 Å². The molecule has 128 valence electrons. The van der Waals surface area contributed by atoms with Crippen LogP contribution in [0.2, 0.25) is 0 Å². The van der Waals surface area contributed by atoms with Crippen LogP contribution < -0.4 is 20.3 Å². The molecular formula is C17H22N4O2S. The van der Waals surface area contributed by atoms with Crippen molar-refractivity contribution < 1.29 is 9.53 Å². The number of ether oxygens (including phenoxy) is 1. The maximum atomic E-state index is 11.9. The number of benzene rings is 1. The zero-order valence-electron chi connectivity index (χ0n) is 14.0. The van der Waals surface area contributed by atoms with E-state index >= 15 is 0 Å². The first kappa shape index (κ1) is 16.6. The van der Waals surface area contributed by atoms with Gasteiger partial charge in [0, 0.05) is 32.4 Å². The SMILES string of the molecule is CN(C)c1nc(CNC(=O)NCCc2ccc3c(c2)CCO3)cs1. The van der Waals surface area contributed by atoms with Crippen molar-refractivity contribution in [2.75, 3.05) is 32.1 Å². The second kappa shape index (κ2) is 7.53. The first-order chi connectivity index (χ1) is 11.6. The third-order valence-corrected chi connectivity index (χ3v) is 4.86. The summed E-state index contributed by atoms with van der Waals surface area (Å²) in [6, 6.07) is 6.07. The highest BCUT2D eigenvalue weighted by molar-refractivity contribution is 7.13. The molecule has 0 atom stereocenters. The van der Waals surface area contributed by atoms with Gasteiger partial charge in [0.05, 0.1) is 18.8 Å². The van der Waals surface area contributed by atoms with Crippen molar-refractivity contribution in [3.8, 4) is 5.75 Å². The van der Waals surface area contributed by atoms with Gasteiger partial charge >= 0.3 is 6.03 Å². The predicted octanol–water partition coefficient (Wildman–Crippen LogP) is 2.19. The van der Waals surface area contributed by atoms with Gasteiger partial charge < -0.3 is 20.3 Å². The topological polar surface area (TPSA) is 66.5 Å². The second-order valence-electron chi connectivity index (χ2n) is 5.92. The Morgan fingerprint density at radius 1 is 1.38 bits per heavy atom.